The summed E-state index contributed by atoms with van der Waals surface area (Å²) in [4.78, 5) is 11.3. The van der Waals surface area contributed by atoms with Gasteiger partial charge in [0.25, 0.3) is 0 Å². The Hall–Kier alpha value is -1.60. The lowest BCUT2D eigenvalue weighted by atomic mass is 10.1. The lowest BCUT2D eigenvalue weighted by Crippen LogP contribution is -2.24. The van der Waals surface area contributed by atoms with E-state index in [1.807, 2.05) is 0 Å². The molecule has 1 saturated carbocycles. The molecule has 1 aliphatic carbocycles. The Balaban J connectivity index is 2.33. The van der Waals surface area contributed by atoms with Gasteiger partial charge in [0.05, 0.1) is 10.5 Å². The molecule has 1 fully saturated rings. The lowest BCUT2D eigenvalue weighted by Gasteiger charge is -2.16. The van der Waals surface area contributed by atoms with Crippen LogP contribution in [0.15, 0.2) is 23.1 Å². The molecule has 6 nitrogen and oxygen atoms in total. The van der Waals surface area contributed by atoms with Gasteiger partial charge in [0.15, 0.2) is 0 Å². The SMILES string of the molecule is CCNS(=O)(=O)c1ccc(NC2CCCC2)c(C(=O)O)c1. The average molecular weight is 312 g/mol. The van der Waals surface area contributed by atoms with Crippen LogP contribution in [0.25, 0.3) is 0 Å². The van der Waals surface area contributed by atoms with E-state index in [0.29, 0.717) is 5.69 Å². The summed E-state index contributed by atoms with van der Waals surface area (Å²) in [6.07, 6.45) is 4.28. The lowest BCUT2D eigenvalue weighted by molar-refractivity contribution is 0.0697. The molecule has 7 heteroatoms. The Labute approximate surface area is 124 Å². The number of carbonyl (C=O) groups is 1. The fraction of sp³-hybridized carbons (Fsp3) is 0.500. The minimum atomic E-state index is -3.65. The van der Waals surface area contributed by atoms with Crippen molar-refractivity contribution in [1.82, 2.24) is 4.72 Å². The monoisotopic (exact) mass is 312 g/mol. The molecule has 0 amide bonds. The third-order valence-electron chi connectivity index (χ3n) is 3.58. The maximum Gasteiger partial charge on any atom is 0.337 e. The van der Waals surface area contributed by atoms with Crippen LogP contribution in [0.5, 0.6) is 0 Å². The van der Waals surface area contributed by atoms with E-state index < -0.39 is 16.0 Å². The maximum absolute atomic E-state index is 11.9. The molecule has 0 spiro atoms. The van der Waals surface area contributed by atoms with Crippen LogP contribution in [-0.2, 0) is 10.0 Å². The standard InChI is InChI=1S/C14H20N2O4S/c1-2-15-21(19,20)11-7-8-13(12(9-11)14(17)18)16-10-5-3-4-6-10/h7-10,15-16H,2-6H2,1H3,(H,17,18). The molecule has 0 unspecified atom stereocenters. The summed E-state index contributed by atoms with van der Waals surface area (Å²) in [5, 5.41) is 12.5. The molecule has 1 aliphatic rings. The molecule has 1 aromatic carbocycles. The highest BCUT2D eigenvalue weighted by Crippen LogP contribution is 2.26. The van der Waals surface area contributed by atoms with Crippen LogP contribution in [0, 0.1) is 0 Å². The van der Waals surface area contributed by atoms with Crippen molar-refractivity contribution in [2.24, 2.45) is 0 Å². The van der Waals surface area contributed by atoms with Gasteiger partial charge in [-0.2, -0.15) is 0 Å². The molecule has 0 saturated heterocycles. The van der Waals surface area contributed by atoms with Gasteiger partial charge in [-0.15, -0.1) is 0 Å². The summed E-state index contributed by atoms with van der Waals surface area (Å²) in [6.45, 7) is 1.93. The average Bonchev–Trinajstić information content (AvgIpc) is 2.91. The van der Waals surface area contributed by atoms with E-state index >= 15 is 0 Å². The number of nitrogens with one attached hydrogen (secondary N) is 2. The topological polar surface area (TPSA) is 95.5 Å². The molecular weight excluding hydrogens is 292 g/mol. The van der Waals surface area contributed by atoms with Gasteiger partial charge in [-0.3, -0.25) is 0 Å². The number of hydrogen-bond acceptors (Lipinski definition) is 4. The van der Waals surface area contributed by atoms with Crippen LogP contribution in [0.2, 0.25) is 0 Å². The summed E-state index contributed by atoms with van der Waals surface area (Å²) in [5.74, 6) is -1.14. The predicted octanol–water partition coefficient (Wildman–Crippen LogP) is 2.04. The van der Waals surface area contributed by atoms with Crippen molar-refractivity contribution >= 4 is 21.7 Å². The van der Waals surface area contributed by atoms with Gasteiger partial charge in [-0.25, -0.2) is 17.9 Å². The van der Waals surface area contributed by atoms with Gasteiger partial charge >= 0.3 is 5.97 Å². The molecule has 0 heterocycles. The number of rotatable bonds is 6. The van der Waals surface area contributed by atoms with Crippen LogP contribution in [0.1, 0.15) is 43.0 Å². The number of aromatic carboxylic acids is 1. The largest absolute Gasteiger partial charge is 0.478 e. The van der Waals surface area contributed by atoms with E-state index in [2.05, 4.69) is 10.0 Å². The van der Waals surface area contributed by atoms with Gasteiger partial charge in [0.2, 0.25) is 10.0 Å². The summed E-state index contributed by atoms with van der Waals surface area (Å²) >= 11 is 0. The van der Waals surface area contributed by atoms with E-state index in [1.54, 1.807) is 6.92 Å². The van der Waals surface area contributed by atoms with Crippen molar-refractivity contribution in [3.05, 3.63) is 23.8 Å². The van der Waals surface area contributed by atoms with E-state index in [1.165, 1.54) is 18.2 Å². The maximum atomic E-state index is 11.9. The second-order valence-electron chi connectivity index (χ2n) is 5.14. The summed E-state index contributed by atoms with van der Waals surface area (Å²) in [6, 6.07) is 4.44. The Morgan fingerprint density at radius 3 is 2.57 bits per heavy atom. The molecule has 0 bridgehead atoms. The summed E-state index contributed by atoms with van der Waals surface area (Å²) < 4.78 is 26.2. The molecule has 0 atom stereocenters. The van der Waals surface area contributed by atoms with E-state index in [-0.39, 0.29) is 23.0 Å². The van der Waals surface area contributed by atoms with Gasteiger partial charge in [0.1, 0.15) is 0 Å². The van der Waals surface area contributed by atoms with Crippen molar-refractivity contribution in [3.63, 3.8) is 0 Å². The van der Waals surface area contributed by atoms with Crippen molar-refractivity contribution in [2.75, 3.05) is 11.9 Å². The molecule has 116 valence electrons. The van der Waals surface area contributed by atoms with Crippen molar-refractivity contribution < 1.29 is 18.3 Å². The first-order chi connectivity index (χ1) is 9.94. The normalized spacial score (nSPS) is 16.0. The van der Waals surface area contributed by atoms with Crippen LogP contribution < -0.4 is 10.0 Å². The first-order valence-corrected chi connectivity index (χ1v) is 8.56. The Morgan fingerprint density at radius 1 is 1.33 bits per heavy atom. The number of benzene rings is 1. The second kappa shape index (κ2) is 6.44. The molecule has 0 aromatic heterocycles. The predicted molar refractivity (Wildman–Crippen MR) is 80.1 cm³/mol. The number of carboxylic acids is 1. The second-order valence-corrected chi connectivity index (χ2v) is 6.91. The third-order valence-corrected chi connectivity index (χ3v) is 5.12. The smallest absolute Gasteiger partial charge is 0.337 e. The Morgan fingerprint density at radius 2 is 2.00 bits per heavy atom. The fourth-order valence-electron chi connectivity index (χ4n) is 2.56. The zero-order valence-electron chi connectivity index (χ0n) is 11.9. The van der Waals surface area contributed by atoms with E-state index in [0.717, 1.165) is 25.7 Å². The highest BCUT2D eigenvalue weighted by atomic mass is 32.2. The third kappa shape index (κ3) is 3.74. The van der Waals surface area contributed by atoms with Crippen LogP contribution in [0.3, 0.4) is 0 Å². The Bertz CT molecular complexity index is 622. The Kier molecular flexibility index (Phi) is 4.84. The number of carboxylic acid groups (broad SMARTS) is 1. The molecule has 1 aromatic rings. The van der Waals surface area contributed by atoms with E-state index in [4.69, 9.17) is 0 Å². The summed E-state index contributed by atoms with van der Waals surface area (Å²) in [7, 11) is -3.65. The number of anilines is 1. The zero-order valence-corrected chi connectivity index (χ0v) is 12.7. The summed E-state index contributed by atoms with van der Waals surface area (Å²) in [5.41, 5.74) is 0.464. The van der Waals surface area contributed by atoms with Crippen molar-refractivity contribution in [1.29, 1.82) is 0 Å². The van der Waals surface area contributed by atoms with Crippen molar-refractivity contribution in [2.45, 2.75) is 43.5 Å². The molecule has 2 rings (SSSR count). The molecule has 3 N–H and O–H groups in total. The first-order valence-electron chi connectivity index (χ1n) is 7.07. The zero-order chi connectivity index (χ0) is 15.5. The minimum absolute atomic E-state index is 0.0131. The van der Waals surface area contributed by atoms with Crippen LogP contribution in [-0.4, -0.2) is 32.1 Å². The van der Waals surface area contributed by atoms with Crippen LogP contribution in [0.4, 0.5) is 5.69 Å². The fourth-order valence-corrected chi connectivity index (χ4v) is 3.62. The highest BCUT2D eigenvalue weighted by Gasteiger charge is 2.21. The number of sulfonamides is 1. The number of hydrogen-bond donors (Lipinski definition) is 3. The molecule has 0 radical (unpaired) electrons. The highest BCUT2D eigenvalue weighted by molar-refractivity contribution is 7.89. The van der Waals surface area contributed by atoms with Crippen LogP contribution >= 0.6 is 0 Å². The van der Waals surface area contributed by atoms with E-state index in [9.17, 15) is 18.3 Å². The molecule has 21 heavy (non-hydrogen) atoms. The van der Waals surface area contributed by atoms with Gasteiger partial charge in [-0.05, 0) is 31.0 Å². The minimum Gasteiger partial charge on any atom is -0.478 e. The molecule has 0 aliphatic heterocycles. The van der Waals surface area contributed by atoms with Gasteiger partial charge in [0, 0.05) is 18.3 Å². The molecular formula is C14H20N2O4S. The van der Waals surface area contributed by atoms with Gasteiger partial charge < -0.3 is 10.4 Å². The first kappa shape index (κ1) is 15.8. The van der Waals surface area contributed by atoms with Gasteiger partial charge in [-0.1, -0.05) is 19.8 Å². The quantitative estimate of drug-likeness (QED) is 0.747. The van der Waals surface area contributed by atoms with Crippen molar-refractivity contribution in [3.8, 4) is 0 Å².